The number of hydrogen-bond acceptors (Lipinski definition) is 6. The van der Waals surface area contributed by atoms with Crippen LogP contribution in [-0.2, 0) is 16.6 Å². The highest BCUT2D eigenvalue weighted by molar-refractivity contribution is 7.89. The SMILES string of the molecule is Cc1noc(CNS(=O)(=O)c2cccc(C#CCN)c2)n1. The average molecular weight is 306 g/mol. The van der Waals surface area contributed by atoms with Gasteiger partial charge in [0.15, 0.2) is 5.82 Å². The second-order valence-electron chi connectivity index (χ2n) is 4.09. The summed E-state index contributed by atoms with van der Waals surface area (Å²) in [6.45, 7) is 1.80. The van der Waals surface area contributed by atoms with Crippen molar-refractivity contribution in [3.8, 4) is 11.8 Å². The Morgan fingerprint density at radius 3 is 2.90 bits per heavy atom. The van der Waals surface area contributed by atoms with Crippen LogP contribution in [0, 0.1) is 18.8 Å². The topological polar surface area (TPSA) is 111 Å². The molecule has 0 fully saturated rings. The molecule has 0 radical (unpaired) electrons. The Hall–Kier alpha value is -2.21. The van der Waals surface area contributed by atoms with Crippen molar-refractivity contribution in [2.75, 3.05) is 6.54 Å². The molecule has 21 heavy (non-hydrogen) atoms. The monoisotopic (exact) mass is 306 g/mol. The van der Waals surface area contributed by atoms with Crippen LogP contribution in [0.4, 0.5) is 0 Å². The summed E-state index contributed by atoms with van der Waals surface area (Å²) in [6.07, 6.45) is 0. The number of hydrogen-bond donors (Lipinski definition) is 2. The molecule has 0 unspecified atom stereocenters. The molecule has 1 aromatic heterocycles. The van der Waals surface area contributed by atoms with E-state index in [0.717, 1.165) is 0 Å². The van der Waals surface area contributed by atoms with Crippen molar-refractivity contribution < 1.29 is 12.9 Å². The van der Waals surface area contributed by atoms with Crippen LogP contribution in [0.15, 0.2) is 33.7 Å². The molecule has 8 heteroatoms. The molecule has 2 rings (SSSR count). The van der Waals surface area contributed by atoms with E-state index in [2.05, 4.69) is 26.7 Å². The van der Waals surface area contributed by atoms with Crippen LogP contribution in [0.5, 0.6) is 0 Å². The summed E-state index contributed by atoms with van der Waals surface area (Å²) in [4.78, 5) is 4.04. The van der Waals surface area contributed by atoms with E-state index in [4.69, 9.17) is 10.3 Å². The van der Waals surface area contributed by atoms with Gasteiger partial charge in [-0.15, -0.1) is 0 Å². The van der Waals surface area contributed by atoms with Gasteiger partial charge in [-0.3, -0.25) is 0 Å². The predicted molar refractivity (Wildman–Crippen MR) is 75.4 cm³/mol. The maximum atomic E-state index is 12.2. The van der Waals surface area contributed by atoms with Crippen molar-refractivity contribution in [2.45, 2.75) is 18.4 Å². The van der Waals surface area contributed by atoms with Crippen LogP contribution in [-0.4, -0.2) is 25.1 Å². The molecule has 2 aromatic rings. The van der Waals surface area contributed by atoms with Crippen molar-refractivity contribution >= 4 is 10.0 Å². The van der Waals surface area contributed by atoms with E-state index in [0.29, 0.717) is 11.4 Å². The second kappa shape index (κ2) is 6.49. The van der Waals surface area contributed by atoms with Crippen molar-refractivity contribution in [1.29, 1.82) is 0 Å². The van der Waals surface area contributed by atoms with E-state index in [-0.39, 0.29) is 23.9 Å². The maximum Gasteiger partial charge on any atom is 0.241 e. The minimum absolute atomic E-state index is 0.0676. The molecule has 0 atom stereocenters. The van der Waals surface area contributed by atoms with Crippen LogP contribution < -0.4 is 10.5 Å². The van der Waals surface area contributed by atoms with Crippen LogP contribution >= 0.6 is 0 Å². The Kier molecular flexibility index (Phi) is 4.70. The molecule has 3 N–H and O–H groups in total. The normalized spacial score (nSPS) is 11.0. The molecule has 0 aliphatic rings. The van der Waals surface area contributed by atoms with Gasteiger partial charge >= 0.3 is 0 Å². The number of aryl methyl sites for hydroxylation is 1. The van der Waals surface area contributed by atoms with Gasteiger partial charge in [0.1, 0.15) is 0 Å². The number of nitrogens with two attached hydrogens (primary N) is 1. The molecule has 110 valence electrons. The van der Waals surface area contributed by atoms with E-state index < -0.39 is 10.0 Å². The highest BCUT2D eigenvalue weighted by Gasteiger charge is 2.15. The van der Waals surface area contributed by atoms with Gasteiger partial charge in [0.25, 0.3) is 0 Å². The smallest absolute Gasteiger partial charge is 0.241 e. The Morgan fingerprint density at radius 1 is 1.43 bits per heavy atom. The Labute approximate surface area is 122 Å². The largest absolute Gasteiger partial charge is 0.338 e. The van der Waals surface area contributed by atoms with Gasteiger partial charge in [-0.2, -0.15) is 4.98 Å². The molecule has 0 saturated carbocycles. The van der Waals surface area contributed by atoms with Gasteiger partial charge in [-0.25, -0.2) is 13.1 Å². The van der Waals surface area contributed by atoms with Crippen molar-refractivity contribution in [3.63, 3.8) is 0 Å². The maximum absolute atomic E-state index is 12.2. The van der Waals surface area contributed by atoms with Gasteiger partial charge in [0.05, 0.1) is 18.0 Å². The Bertz CT molecular complexity index is 787. The lowest BCUT2D eigenvalue weighted by molar-refractivity contribution is 0.372. The second-order valence-corrected chi connectivity index (χ2v) is 5.86. The minimum atomic E-state index is -3.67. The molecule has 7 nitrogen and oxygen atoms in total. The fraction of sp³-hybridized carbons (Fsp3) is 0.231. The van der Waals surface area contributed by atoms with Gasteiger partial charge < -0.3 is 10.3 Å². The van der Waals surface area contributed by atoms with Crippen LogP contribution in [0.25, 0.3) is 0 Å². The number of benzene rings is 1. The third kappa shape index (κ3) is 4.13. The van der Waals surface area contributed by atoms with Crippen molar-refractivity contribution in [1.82, 2.24) is 14.9 Å². The molecule has 0 bridgehead atoms. The summed E-state index contributed by atoms with van der Waals surface area (Å²) in [7, 11) is -3.67. The fourth-order valence-electron chi connectivity index (χ4n) is 1.55. The first kappa shape index (κ1) is 15.2. The molecule has 0 aliphatic heterocycles. The molecule has 0 amide bonds. The molecular formula is C13H14N4O3S. The molecule has 0 saturated heterocycles. The van der Waals surface area contributed by atoms with Crippen LogP contribution in [0.3, 0.4) is 0 Å². The summed E-state index contributed by atoms with van der Waals surface area (Å²) >= 11 is 0. The lowest BCUT2D eigenvalue weighted by atomic mass is 10.2. The van der Waals surface area contributed by atoms with Gasteiger partial charge in [0.2, 0.25) is 15.9 Å². The van der Waals surface area contributed by atoms with Gasteiger partial charge in [0, 0.05) is 5.56 Å². The predicted octanol–water partition coefficient (Wildman–Crippen LogP) is 0.167. The van der Waals surface area contributed by atoms with E-state index in [1.165, 1.54) is 12.1 Å². The highest BCUT2D eigenvalue weighted by atomic mass is 32.2. The lowest BCUT2D eigenvalue weighted by Crippen LogP contribution is -2.23. The summed E-state index contributed by atoms with van der Waals surface area (Å²) in [5, 5.41) is 3.59. The van der Waals surface area contributed by atoms with Crippen molar-refractivity contribution in [2.24, 2.45) is 5.73 Å². The first-order valence-corrected chi connectivity index (χ1v) is 7.57. The number of nitrogens with zero attached hydrogens (tertiary/aromatic N) is 2. The Balaban J connectivity index is 2.15. The summed E-state index contributed by atoms with van der Waals surface area (Å²) in [5.74, 6) is 6.11. The van der Waals surface area contributed by atoms with Gasteiger partial charge in [-0.1, -0.05) is 23.1 Å². The summed E-state index contributed by atoms with van der Waals surface area (Å²) in [5.41, 5.74) is 5.87. The number of nitrogens with one attached hydrogen (secondary N) is 1. The number of sulfonamides is 1. The van der Waals surface area contributed by atoms with E-state index in [1.807, 2.05) is 0 Å². The molecule has 0 spiro atoms. The van der Waals surface area contributed by atoms with E-state index in [1.54, 1.807) is 19.1 Å². The molecular weight excluding hydrogens is 292 g/mol. The zero-order valence-electron chi connectivity index (χ0n) is 11.3. The zero-order chi connectivity index (χ0) is 15.3. The van der Waals surface area contributed by atoms with E-state index in [9.17, 15) is 8.42 Å². The Morgan fingerprint density at radius 2 is 2.24 bits per heavy atom. The third-order valence-electron chi connectivity index (χ3n) is 2.46. The zero-order valence-corrected chi connectivity index (χ0v) is 12.1. The first-order chi connectivity index (χ1) is 10.0. The summed E-state index contributed by atoms with van der Waals surface area (Å²) in [6, 6.07) is 6.29. The van der Waals surface area contributed by atoms with E-state index >= 15 is 0 Å². The lowest BCUT2D eigenvalue weighted by Gasteiger charge is -2.04. The molecule has 1 heterocycles. The van der Waals surface area contributed by atoms with Crippen LogP contribution in [0.1, 0.15) is 17.3 Å². The standard InChI is InChI=1S/C13H14N4O3S/c1-10-16-13(20-17-10)9-15-21(18,19)12-6-2-4-11(8-12)5-3-7-14/h2,4,6,8,15H,7,9,14H2,1H3. The number of aromatic nitrogens is 2. The quantitative estimate of drug-likeness (QED) is 0.779. The molecule has 0 aliphatic carbocycles. The third-order valence-corrected chi connectivity index (χ3v) is 3.86. The first-order valence-electron chi connectivity index (χ1n) is 6.09. The minimum Gasteiger partial charge on any atom is -0.338 e. The average Bonchev–Trinajstić information content (AvgIpc) is 2.89. The summed E-state index contributed by atoms with van der Waals surface area (Å²) < 4.78 is 31.6. The fourth-order valence-corrected chi connectivity index (χ4v) is 2.57. The molecule has 1 aromatic carbocycles. The van der Waals surface area contributed by atoms with Gasteiger partial charge in [-0.05, 0) is 25.1 Å². The van der Waals surface area contributed by atoms with Crippen LogP contribution in [0.2, 0.25) is 0 Å². The highest BCUT2D eigenvalue weighted by Crippen LogP contribution is 2.11. The number of rotatable bonds is 4. The van der Waals surface area contributed by atoms with Crippen molar-refractivity contribution in [3.05, 3.63) is 41.5 Å².